The Bertz CT molecular complexity index is 739. The number of carbonyl (C=O) groups excluding carboxylic acids is 2. The van der Waals surface area contributed by atoms with Crippen LogP contribution in [0.5, 0.6) is 0 Å². The first-order valence-electron chi connectivity index (χ1n) is 7.48. The topological polar surface area (TPSA) is 79.2 Å². The Morgan fingerprint density at radius 3 is 2.52 bits per heavy atom. The Hall–Kier alpha value is -2.63. The van der Waals surface area contributed by atoms with Gasteiger partial charge in [0.2, 0.25) is 5.91 Å². The molecule has 0 bridgehead atoms. The number of aromatic nitrogens is 1. The number of nitrogens with two attached hydrogens (primary N) is 1. The molecule has 1 aromatic carbocycles. The van der Waals surface area contributed by atoms with Crippen LogP contribution in [0.15, 0.2) is 36.7 Å². The summed E-state index contributed by atoms with van der Waals surface area (Å²) < 4.78 is 13.1. The molecule has 0 spiro atoms. The number of carbonyl (C=O) groups is 2. The normalized spacial score (nSPS) is 20.7. The Morgan fingerprint density at radius 2 is 1.91 bits per heavy atom. The number of likely N-dealkylation sites (tertiary alicyclic amines) is 1. The zero-order valence-electron chi connectivity index (χ0n) is 12.8. The number of nitrogens with one attached hydrogen (secondary N) is 1. The van der Waals surface area contributed by atoms with Gasteiger partial charge in [-0.1, -0.05) is 19.1 Å². The molecule has 2 atom stereocenters. The number of benzene rings is 1. The molecule has 2 aromatic rings. The molecule has 5 nitrogen and oxygen atoms in total. The van der Waals surface area contributed by atoms with Gasteiger partial charge in [-0.3, -0.25) is 9.59 Å². The zero-order chi connectivity index (χ0) is 16.6. The van der Waals surface area contributed by atoms with Gasteiger partial charge in [-0.15, -0.1) is 0 Å². The third-order valence-electron chi connectivity index (χ3n) is 4.40. The number of aromatic amines is 1. The van der Waals surface area contributed by atoms with Gasteiger partial charge < -0.3 is 15.6 Å². The summed E-state index contributed by atoms with van der Waals surface area (Å²) in [5, 5.41) is 0. The highest BCUT2D eigenvalue weighted by atomic mass is 19.1. The maximum atomic E-state index is 13.1. The molecule has 3 N–H and O–H groups in total. The molecule has 23 heavy (non-hydrogen) atoms. The van der Waals surface area contributed by atoms with E-state index in [9.17, 15) is 14.0 Å². The van der Waals surface area contributed by atoms with Gasteiger partial charge in [-0.05, 0) is 23.6 Å². The molecule has 0 unspecified atom stereocenters. The average molecular weight is 315 g/mol. The Kier molecular flexibility index (Phi) is 3.90. The van der Waals surface area contributed by atoms with Crippen molar-refractivity contribution in [2.24, 2.45) is 17.6 Å². The highest BCUT2D eigenvalue weighted by Crippen LogP contribution is 2.28. The van der Waals surface area contributed by atoms with E-state index >= 15 is 0 Å². The lowest BCUT2D eigenvalue weighted by molar-refractivity contribution is -0.122. The fourth-order valence-electron chi connectivity index (χ4n) is 3.08. The minimum atomic E-state index is -0.374. The molecule has 1 saturated heterocycles. The van der Waals surface area contributed by atoms with Crippen LogP contribution in [-0.2, 0) is 4.79 Å². The van der Waals surface area contributed by atoms with Gasteiger partial charge in [0.25, 0.3) is 5.91 Å². The molecule has 1 aliphatic rings. The molecule has 0 saturated carbocycles. The van der Waals surface area contributed by atoms with Crippen molar-refractivity contribution < 1.29 is 14.0 Å². The second-order valence-corrected chi connectivity index (χ2v) is 5.99. The van der Waals surface area contributed by atoms with Crippen LogP contribution in [0.4, 0.5) is 4.39 Å². The van der Waals surface area contributed by atoms with Gasteiger partial charge in [0.15, 0.2) is 0 Å². The molecule has 2 amide bonds. The van der Waals surface area contributed by atoms with E-state index in [2.05, 4.69) is 4.98 Å². The molecule has 0 radical (unpaired) electrons. The van der Waals surface area contributed by atoms with Crippen LogP contribution in [-0.4, -0.2) is 34.8 Å². The van der Waals surface area contributed by atoms with Crippen molar-refractivity contribution in [3.8, 4) is 11.1 Å². The van der Waals surface area contributed by atoms with Crippen molar-refractivity contribution in [2.45, 2.75) is 6.92 Å². The van der Waals surface area contributed by atoms with E-state index in [1.54, 1.807) is 29.4 Å². The molecule has 1 aliphatic heterocycles. The highest BCUT2D eigenvalue weighted by molar-refractivity contribution is 6.01. The minimum absolute atomic E-state index is 0.0460. The van der Waals surface area contributed by atoms with E-state index in [1.165, 1.54) is 12.1 Å². The van der Waals surface area contributed by atoms with E-state index in [0.717, 1.165) is 5.56 Å². The van der Waals surface area contributed by atoms with Crippen molar-refractivity contribution >= 4 is 11.8 Å². The van der Waals surface area contributed by atoms with Crippen molar-refractivity contribution in [1.29, 1.82) is 0 Å². The fraction of sp³-hybridized carbons (Fsp3) is 0.294. The number of rotatable bonds is 3. The van der Waals surface area contributed by atoms with Crippen LogP contribution in [0.1, 0.15) is 17.3 Å². The van der Waals surface area contributed by atoms with Crippen molar-refractivity contribution in [3.63, 3.8) is 0 Å². The quantitative estimate of drug-likeness (QED) is 0.909. The lowest BCUT2D eigenvalue weighted by atomic mass is 9.98. The first kappa shape index (κ1) is 15.3. The molecule has 0 aliphatic carbocycles. The van der Waals surface area contributed by atoms with Crippen LogP contribution in [0.25, 0.3) is 11.1 Å². The van der Waals surface area contributed by atoms with Gasteiger partial charge in [-0.2, -0.15) is 0 Å². The van der Waals surface area contributed by atoms with Crippen LogP contribution < -0.4 is 5.73 Å². The number of halogens is 1. The molecule has 1 fully saturated rings. The predicted octanol–water partition coefficient (Wildman–Crippen LogP) is 2.01. The van der Waals surface area contributed by atoms with Crippen LogP contribution in [0, 0.1) is 17.7 Å². The third-order valence-corrected chi connectivity index (χ3v) is 4.40. The minimum Gasteiger partial charge on any atom is -0.369 e. The van der Waals surface area contributed by atoms with Gasteiger partial charge >= 0.3 is 0 Å². The molecular formula is C17H18FN3O2. The summed E-state index contributed by atoms with van der Waals surface area (Å²) in [5.41, 5.74) is 7.37. The second kappa shape index (κ2) is 5.87. The molecule has 120 valence electrons. The first-order chi connectivity index (χ1) is 11.0. The number of amides is 2. The summed E-state index contributed by atoms with van der Waals surface area (Å²) in [6, 6.07) is 5.98. The summed E-state index contributed by atoms with van der Waals surface area (Å²) in [6.07, 6.45) is 3.34. The molecule has 3 rings (SSSR count). The Balaban J connectivity index is 1.86. The van der Waals surface area contributed by atoms with Crippen LogP contribution in [0.2, 0.25) is 0 Å². The fourth-order valence-corrected chi connectivity index (χ4v) is 3.08. The number of nitrogens with zero attached hydrogens (tertiary/aromatic N) is 1. The third kappa shape index (κ3) is 2.84. The van der Waals surface area contributed by atoms with Crippen molar-refractivity contribution in [1.82, 2.24) is 9.88 Å². The van der Waals surface area contributed by atoms with Gasteiger partial charge in [0, 0.05) is 31.0 Å². The Labute approximate surface area is 133 Å². The smallest absolute Gasteiger partial charge is 0.256 e. The molecule has 2 heterocycles. The summed E-state index contributed by atoms with van der Waals surface area (Å²) in [5.74, 6) is -1.12. The summed E-state index contributed by atoms with van der Waals surface area (Å²) in [4.78, 5) is 28.8. The van der Waals surface area contributed by atoms with E-state index in [-0.39, 0.29) is 29.5 Å². The summed E-state index contributed by atoms with van der Waals surface area (Å²) in [7, 11) is 0. The van der Waals surface area contributed by atoms with Crippen molar-refractivity contribution in [2.75, 3.05) is 13.1 Å². The molecule has 6 heteroatoms. The largest absolute Gasteiger partial charge is 0.369 e. The molecular weight excluding hydrogens is 297 g/mol. The van der Waals surface area contributed by atoms with Crippen LogP contribution >= 0.6 is 0 Å². The highest BCUT2D eigenvalue weighted by Gasteiger charge is 2.36. The summed E-state index contributed by atoms with van der Waals surface area (Å²) >= 11 is 0. The lowest BCUT2D eigenvalue weighted by Crippen LogP contribution is -2.32. The number of hydrogen-bond acceptors (Lipinski definition) is 2. The average Bonchev–Trinajstić information content (AvgIpc) is 3.14. The predicted molar refractivity (Wildman–Crippen MR) is 83.9 cm³/mol. The number of hydrogen-bond donors (Lipinski definition) is 2. The first-order valence-corrected chi connectivity index (χ1v) is 7.48. The standard InChI is InChI=1S/C17H18FN3O2/c1-10-8-21(9-15(10)16(19)22)17(23)14-7-20-6-13(14)11-2-4-12(18)5-3-11/h2-7,10,15,20H,8-9H2,1H3,(H2,19,22)/t10-,15-/m1/s1. The Morgan fingerprint density at radius 1 is 1.22 bits per heavy atom. The van der Waals surface area contributed by atoms with E-state index in [0.29, 0.717) is 24.2 Å². The maximum Gasteiger partial charge on any atom is 0.256 e. The zero-order valence-corrected chi connectivity index (χ0v) is 12.8. The second-order valence-electron chi connectivity index (χ2n) is 5.99. The lowest BCUT2D eigenvalue weighted by Gasteiger charge is -2.16. The maximum absolute atomic E-state index is 13.1. The van der Waals surface area contributed by atoms with E-state index < -0.39 is 0 Å². The van der Waals surface area contributed by atoms with Gasteiger partial charge in [-0.25, -0.2) is 4.39 Å². The monoisotopic (exact) mass is 315 g/mol. The van der Waals surface area contributed by atoms with E-state index in [1.807, 2.05) is 6.92 Å². The number of H-pyrrole nitrogens is 1. The van der Waals surface area contributed by atoms with Crippen molar-refractivity contribution in [3.05, 3.63) is 48.0 Å². The number of primary amides is 1. The molecule has 1 aromatic heterocycles. The van der Waals surface area contributed by atoms with Gasteiger partial charge in [0.1, 0.15) is 5.82 Å². The summed E-state index contributed by atoms with van der Waals surface area (Å²) in [6.45, 7) is 2.75. The van der Waals surface area contributed by atoms with E-state index in [4.69, 9.17) is 5.73 Å². The van der Waals surface area contributed by atoms with Gasteiger partial charge in [0.05, 0.1) is 11.5 Å². The van der Waals surface area contributed by atoms with Crippen LogP contribution in [0.3, 0.4) is 0 Å². The SMILES string of the molecule is C[C@@H]1CN(C(=O)c2c[nH]cc2-c2ccc(F)cc2)C[C@H]1C(N)=O.